The molecule has 0 bridgehead atoms. The maximum absolute atomic E-state index is 13.1. The average molecular weight is 445 g/mol. The molecule has 1 saturated heterocycles. The van der Waals surface area contributed by atoms with Crippen LogP contribution in [0.2, 0.25) is 0 Å². The molecule has 1 amide bonds. The predicted octanol–water partition coefficient (Wildman–Crippen LogP) is 6.42. The second kappa shape index (κ2) is 9.82. The van der Waals surface area contributed by atoms with Crippen LogP contribution in [0.5, 0.6) is 5.75 Å². The predicted molar refractivity (Wildman–Crippen MR) is 129 cm³/mol. The standard InChI is InChI=1S/C28H32N2O3/c1-32-26-10-6-5-9-24(26)22-15-17-30(18-16-22)28(31)25-19-27(33-29-25)23-13-11-21(12-14-23)20-7-3-2-4-8-20/h5-6,9-14,19-20,22H,2-4,7-8,15-18H2,1H3. The number of carbonyl (C=O) groups is 1. The van der Waals surface area contributed by atoms with Crippen molar-refractivity contribution in [2.45, 2.75) is 56.8 Å². The number of benzene rings is 2. The summed E-state index contributed by atoms with van der Waals surface area (Å²) in [7, 11) is 1.71. The van der Waals surface area contributed by atoms with E-state index in [9.17, 15) is 4.79 Å². The first kappa shape index (κ1) is 21.7. The van der Waals surface area contributed by atoms with Crippen LogP contribution in [-0.2, 0) is 0 Å². The van der Waals surface area contributed by atoms with Gasteiger partial charge in [-0.1, -0.05) is 66.9 Å². The second-order valence-corrected chi connectivity index (χ2v) is 9.34. The zero-order chi connectivity index (χ0) is 22.6. The summed E-state index contributed by atoms with van der Waals surface area (Å²) in [5.41, 5.74) is 3.99. The maximum Gasteiger partial charge on any atom is 0.276 e. The second-order valence-electron chi connectivity index (χ2n) is 9.34. The summed E-state index contributed by atoms with van der Waals surface area (Å²) in [6.07, 6.45) is 8.43. The lowest BCUT2D eigenvalue weighted by atomic mass is 9.84. The Labute approximate surface area is 195 Å². The van der Waals surface area contributed by atoms with Crippen LogP contribution in [-0.4, -0.2) is 36.2 Å². The number of methoxy groups -OCH3 is 1. The van der Waals surface area contributed by atoms with Crippen LogP contribution in [0, 0.1) is 0 Å². The summed E-state index contributed by atoms with van der Waals surface area (Å²) in [5, 5.41) is 4.10. The van der Waals surface area contributed by atoms with Gasteiger partial charge in [0.05, 0.1) is 7.11 Å². The smallest absolute Gasteiger partial charge is 0.276 e. The van der Waals surface area contributed by atoms with Gasteiger partial charge in [-0.15, -0.1) is 0 Å². The van der Waals surface area contributed by atoms with Gasteiger partial charge in [-0.2, -0.15) is 0 Å². The largest absolute Gasteiger partial charge is 0.496 e. The van der Waals surface area contributed by atoms with Crippen LogP contribution >= 0.6 is 0 Å². The zero-order valence-electron chi connectivity index (χ0n) is 19.3. The quantitative estimate of drug-likeness (QED) is 0.456. The third kappa shape index (κ3) is 4.68. The van der Waals surface area contributed by atoms with Gasteiger partial charge in [0.2, 0.25) is 0 Å². The molecule has 1 aromatic heterocycles. The van der Waals surface area contributed by atoms with Crippen molar-refractivity contribution >= 4 is 5.91 Å². The van der Waals surface area contributed by atoms with E-state index in [4.69, 9.17) is 9.26 Å². The van der Waals surface area contributed by atoms with E-state index in [1.807, 2.05) is 23.1 Å². The number of carbonyl (C=O) groups excluding carboxylic acids is 1. The summed E-state index contributed by atoms with van der Waals surface area (Å²) in [6.45, 7) is 1.42. The number of rotatable bonds is 5. The van der Waals surface area contributed by atoms with Gasteiger partial charge < -0.3 is 14.2 Å². The lowest BCUT2D eigenvalue weighted by Crippen LogP contribution is -2.38. The highest BCUT2D eigenvalue weighted by Gasteiger charge is 2.28. The minimum absolute atomic E-state index is 0.0534. The molecule has 0 spiro atoms. The van der Waals surface area contributed by atoms with E-state index in [0.29, 0.717) is 36.4 Å². The summed E-state index contributed by atoms with van der Waals surface area (Å²) in [4.78, 5) is 14.9. The van der Waals surface area contributed by atoms with E-state index in [1.54, 1.807) is 13.2 Å². The molecule has 3 aromatic rings. The van der Waals surface area contributed by atoms with E-state index >= 15 is 0 Å². The van der Waals surface area contributed by atoms with Crippen LogP contribution in [0.1, 0.15) is 78.4 Å². The number of hydrogen-bond acceptors (Lipinski definition) is 4. The van der Waals surface area contributed by atoms with Gasteiger partial charge in [0, 0.05) is 24.7 Å². The number of ether oxygens (including phenoxy) is 1. The van der Waals surface area contributed by atoms with Crippen molar-refractivity contribution in [3.05, 3.63) is 71.4 Å². The van der Waals surface area contributed by atoms with Gasteiger partial charge in [-0.3, -0.25) is 4.79 Å². The van der Waals surface area contributed by atoms with Crippen LogP contribution in [0.4, 0.5) is 0 Å². The number of aromatic nitrogens is 1. The van der Waals surface area contributed by atoms with Gasteiger partial charge in [-0.05, 0) is 54.7 Å². The van der Waals surface area contributed by atoms with Crippen molar-refractivity contribution in [3.63, 3.8) is 0 Å². The highest BCUT2D eigenvalue weighted by Crippen LogP contribution is 2.35. The van der Waals surface area contributed by atoms with E-state index in [1.165, 1.54) is 43.2 Å². The third-order valence-corrected chi connectivity index (χ3v) is 7.36. The summed E-state index contributed by atoms with van der Waals surface area (Å²) >= 11 is 0. The van der Waals surface area contributed by atoms with Gasteiger partial charge in [0.1, 0.15) is 5.75 Å². The first-order valence-electron chi connectivity index (χ1n) is 12.2. The Kier molecular flexibility index (Phi) is 6.47. The molecule has 2 fully saturated rings. The first-order valence-corrected chi connectivity index (χ1v) is 12.2. The highest BCUT2D eigenvalue weighted by molar-refractivity contribution is 5.93. The Morgan fingerprint density at radius 3 is 2.39 bits per heavy atom. The number of piperidine rings is 1. The van der Waals surface area contributed by atoms with Crippen molar-refractivity contribution < 1.29 is 14.1 Å². The SMILES string of the molecule is COc1ccccc1C1CCN(C(=O)c2cc(-c3ccc(C4CCCCC4)cc3)on2)CC1. The Bertz CT molecular complexity index is 1070. The van der Waals surface area contributed by atoms with Crippen LogP contribution in [0.3, 0.4) is 0 Å². The van der Waals surface area contributed by atoms with Gasteiger partial charge in [0.15, 0.2) is 11.5 Å². The number of nitrogens with zero attached hydrogens (tertiary/aromatic N) is 2. The molecule has 1 aliphatic heterocycles. The Morgan fingerprint density at radius 1 is 0.939 bits per heavy atom. The molecule has 0 unspecified atom stereocenters. The van der Waals surface area contributed by atoms with Crippen molar-refractivity contribution in [1.29, 1.82) is 0 Å². The minimum Gasteiger partial charge on any atom is -0.496 e. The molecule has 2 aromatic carbocycles. The summed E-state index contributed by atoms with van der Waals surface area (Å²) < 4.78 is 11.1. The van der Waals surface area contributed by atoms with Crippen molar-refractivity contribution in [1.82, 2.24) is 10.1 Å². The molecule has 0 atom stereocenters. The highest BCUT2D eigenvalue weighted by atomic mass is 16.5. The van der Waals surface area contributed by atoms with Crippen molar-refractivity contribution in [3.8, 4) is 17.1 Å². The van der Waals surface area contributed by atoms with Gasteiger partial charge in [-0.25, -0.2) is 0 Å². The molecule has 5 heteroatoms. The van der Waals surface area contributed by atoms with Crippen molar-refractivity contribution in [2.24, 2.45) is 0 Å². The van der Waals surface area contributed by atoms with E-state index in [2.05, 4.69) is 35.5 Å². The lowest BCUT2D eigenvalue weighted by Gasteiger charge is -2.32. The monoisotopic (exact) mass is 444 g/mol. The molecule has 0 radical (unpaired) electrons. The number of para-hydroxylation sites is 1. The molecule has 1 aliphatic carbocycles. The molecule has 5 nitrogen and oxygen atoms in total. The topological polar surface area (TPSA) is 55.6 Å². The first-order chi connectivity index (χ1) is 16.2. The number of likely N-dealkylation sites (tertiary alicyclic amines) is 1. The molecule has 0 N–H and O–H groups in total. The average Bonchev–Trinajstić information content (AvgIpc) is 3.39. The van der Waals surface area contributed by atoms with Crippen LogP contribution in [0.15, 0.2) is 59.1 Å². The lowest BCUT2D eigenvalue weighted by molar-refractivity contribution is 0.0702. The minimum atomic E-state index is -0.0534. The summed E-state index contributed by atoms with van der Waals surface area (Å²) in [5.74, 6) is 2.61. The fourth-order valence-electron chi connectivity index (χ4n) is 5.43. The van der Waals surface area contributed by atoms with E-state index < -0.39 is 0 Å². The zero-order valence-corrected chi connectivity index (χ0v) is 19.3. The van der Waals surface area contributed by atoms with E-state index in [-0.39, 0.29) is 5.91 Å². The Morgan fingerprint density at radius 2 is 1.67 bits per heavy atom. The molecule has 1 saturated carbocycles. The van der Waals surface area contributed by atoms with Crippen LogP contribution < -0.4 is 4.74 Å². The molecular formula is C28H32N2O3. The fraction of sp³-hybridized carbons (Fsp3) is 0.429. The molecule has 5 rings (SSSR count). The third-order valence-electron chi connectivity index (χ3n) is 7.36. The molecular weight excluding hydrogens is 412 g/mol. The van der Waals surface area contributed by atoms with Gasteiger partial charge >= 0.3 is 0 Å². The Balaban J connectivity index is 1.22. The normalized spacial score (nSPS) is 17.8. The summed E-state index contributed by atoms with van der Waals surface area (Å²) in [6, 6.07) is 18.6. The molecule has 2 aliphatic rings. The molecule has 2 heterocycles. The maximum atomic E-state index is 13.1. The molecule has 33 heavy (non-hydrogen) atoms. The van der Waals surface area contributed by atoms with Gasteiger partial charge in [0.25, 0.3) is 5.91 Å². The number of hydrogen-bond donors (Lipinski definition) is 0. The van der Waals surface area contributed by atoms with Crippen LogP contribution in [0.25, 0.3) is 11.3 Å². The number of amides is 1. The van der Waals surface area contributed by atoms with Crippen molar-refractivity contribution in [2.75, 3.05) is 20.2 Å². The fourth-order valence-corrected chi connectivity index (χ4v) is 5.43. The van der Waals surface area contributed by atoms with E-state index in [0.717, 1.165) is 24.2 Å². The Hall–Kier alpha value is -3.08. The molecule has 172 valence electrons.